The molecule has 2 rings (SSSR count). The van der Waals surface area contributed by atoms with Crippen LogP contribution >= 0.6 is 0 Å². The fourth-order valence-corrected chi connectivity index (χ4v) is 2.57. The van der Waals surface area contributed by atoms with Crippen LogP contribution in [0.3, 0.4) is 0 Å². The molecule has 0 spiro atoms. The fourth-order valence-electron chi connectivity index (χ4n) is 2.57. The van der Waals surface area contributed by atoms with Crippen molar-refractivity contribution < 1.29 is 19.1 Å². The first-order valence-corrected chi connectivity index (χ1v) is 7.86. The second-order valence-corrected chi connectivity index (χ2v) is 6.72. The minimum absolute atomic E-state index is 0.120. The van der Waals surface area contributed by atoms with Crippen LogP contribution in [0.25, 0.3) is 0 Å². The van der Waals surface area contributed by atoms with Gasteiger partial charge in [0.25, 0.3) is 0 Å². The Hall–Kier alpha value is -2.28. The van der Waals surface area contributed by atoms with E-state index in [0.29, 0.717) is 29.3 Å². The van der Waals surface area contributed by atoms with Crippen LogP contribution in [0.4, 0.5) is 5.69 Å². The van der Waals surface area contributed by atoms with Gasteiger partial charge in [0, 0.05) is 35.8 Å². The Morgan fingerprint density at radius 3 is 2.42 bits per heavy atom. The molecule has 7 nitrogen and oxygen atoms in total. The Bertz CT molecular complexity index is 637. The largest absolute Gasteiger partial charge is 0.493 e. The van der Waals surface area contributed by atoms with Crippen LogP contribution in [0.5, 0.6) is 11.5 Å². The second kappa shape index (κ2) is 7.09. The van der Waals surface area contributed by atoms with Crippen molar-refractivity contribution in [2.45, 2.75) is 38.8 Å². The zero-order valence-electron chi connectivity index (χ0n) is 14.8. The fraction of sp³-hybridized carbons (Fsp3) is 0.529. The molecule has 3 N–H and O–H groups in total. The molecule has 0 bridgehead atoms. The van der Waals surface area contributed by atoms with E-state index in [-0.39, 0.29) is 23.8 Å². The summed E-state index contributed by atoms with van der Waals surface area (Å²) >= 11 is 0. The van der Waals surface area contributed by atoms with Crippen LogP contribution in [0, 0.1) is 0 Å². The summed E-state index contributed by atoms with van der Waals surface area (Å²) in [5.74, 6) is 0.714. The molecule has 2 amide bonds. The van der Waals surface area contributed by atoms with E-state index in [1.54, 1.807) is 12.1 Å². The minimum atomic E-state index is -0.598. The monoisotopic (exact) mass is 335 g/mol. The molecule has 0 aromatic heterocycles. The first kappa shape index (κ1) is 18.1. The smallest absolute Gasteiger partial charge is 0.242 e. The number of hydrogen-bond acceptors (Lipinski definition) is 5. The topological polar surface area (TPSA) is 88.7 Å². The summed E-state index contributed by atoms with van der Waals surface area (Å²) in [5, 5.41) is 8.96. The van der Waals surface area contributed by atoms with Crippen LogP contribution in [-0.2, 0) is 9.59 Å². The number of anilines is 1. The third-order valence-corrected chi connectivity index (χ3v) is 3.60. The van der Waals surface area contributed by atoms with Gasteiger partial charge in [-0.1, -0.05) is 0 Å². The molecule has 1 unspecified atom stereocenters. The van der Waals surface area contributed by atoms with Gasteiger partial charge in [-0.2, -0.15) is 0 Å². The van der Waals surface area contributed by atoms with Crippen LogP contribution in [-0.4, -0.2) is 38.1 Å². The molecule has 1 aliphatic rings. The van der Waals surface area contributed by atoms with Gasteiger partial charge < -0.3 is 25.4 Å². The molecule has 132 valence electrons. The molecular formula is C17H25N3O4. The summed E-state index contributed by atoms with van der Waals surface area (Å²) in [6, 6.07) is 2.80. The highest BCUT2D eigenvalue weighted by Gasteiger charge is 2.29. The van der Waals surface area contributed by atoms with Gasteiger partial charge in [-0.3, -0.25) is 9.59 Å². The molecule has 1 atom stereocenters. The van der Waals surface area contributed by atoms with E-state index < -0.39 is 6.04 Å². The van der Waals surface area contributed by atoms with Gasteiger partial charge >= 0.3 is 0 Å². The summed E-state index contributed by atoms with van der Waals surface area (Å²) < 4.78 is 10.6. The van der Waals surface area contributed by atoms with E-state index in [0.717, 1.165) is 0 Å². The average molecular weight is 335 g/mol. The summed E-state index contributed by atoms with van der Waals surface area (Å²) in [7, 11) is 3.06. The van der Waals surface area contributed by atoms with E-state index in [4.69, 9.17) is 9.47 Å². The highest BCUT2D eigenvalue weighted by molar-refractivity contribution is 5.95. The van der Waals surface area contributed by atoms with E-state index in [1.807, 2.05) is 20.8 Å². The molecular weight excluding hydrogens is 310 g/mol. The lowest BCUT2D eigenvalue weighted by molar-refractivity contribution is -0.125. The van der Waals surface area contributed by atoms with E-state index in [9.17, 15) is 9.59 Å². The number of methoxy groups -OCH3 is 2. The number of amides is 2. The Labute approximate surface area is 142 Å². The predicted molar refractivity (Wildman–Crippen MR) is 91.4 cm³/mol. The normalized spacial score (nSPS) is 17.9. The maximum Gasteiger partial charge on any atom is 0.242 e. The van der Waals surface area contributed by atoms with Crippen LogP contribution in [0.2, 0.25) is 0 Å². The van der Waals surface area contributed by atoms with Crippen LogP contribution in [0.15, 0.2) is 12.1 Å². The van der Waals surface area contributed by atoms with Crippen molar-refractivity contribution in [1.29, 1.82) is 0 Å². The molecule has 0 aliphatic carbocycles. The van der Waals surface area contributed by atoms with Gasteiger partial charge in [-0.25, -0.2) is 0 Å². The highest BCUT2D eigenvalue weighted by Crippen LogP contribution is 2.37. The summed E-state index contributed by atoms with van der Waals surface area (Å²) in [6.07, 6.45) is 0.285. The van der Waals surface area contributed by atoms with Crippen molar-refractivity contribution in [2.75, 3.05) is 26.1 Å². The first-order valence-electron chi connectivity index (χ1n) is 7.86. The molecule has 7 heteroatoms. The van der Waals surface area contributed by atoms with Gasteiger partial charge in [0.15, 0.2) is 11.5 Å². The van der Waals surface area contributed by atoms with Crippen molar-refractivity contribution in [3.63, 3.8) is 0 Å². The molecule has 24 heavy (non-hydrogen) atoms. The maximum atomic E-state index is 12.7. The zero-order valence-corrected chi connectivity index (χ0v) is 14.8. The Morgan fingerprint density at radius 2 is 1.83 bits per heavy atom. The van der Waals surface area contributed by atoms with Crippen LogP contribution < -0.4 is 25.4 Å². The van der Waals surface area contributed by atoms with Crippen molar-refractivity contribution in [1.82, 2.24) is 10.6 Å². The lowest BCUT2D eigenvalue weighted by Crippen LogP contribution is -2.47. The lowest BCUT2D eigenvalue weighted by Gasteiger charge is -2.29. The third kappa shape index (κ3) is 4.17. The number of ether oxygens (including phenoxy) is 2. The Balaban J connectivity index is 2.49. The third-order valence-electron chi connectivity index (χ3n) is 3.60. The molecule has 0 saturated heterocycles. The predicted octanol–water partition coefficient (Wildman–Crippen LogP) is 1.59. The lowest BCUT2D eigenvalue weighted by atomic mass is 9.99. The number of carbonyl (C=O) groups is 2. The van der Waals surface area contributed by atoms with Crippen molar-refractivity contribution in [3.05, 3.63) is 17.7 Å². The molecule has 1 heterocycles. The second-order valence-electron chi connectivity index (χ2n) is 6.72. The molecule has 1 aromatic rings. The maximum absolute atomic E-state index is 12.7. The Morgan fingerprint density at radius 1 is 1.21 bits per heavy atom. The van der Waals surface area contributed by atoms with E-state index >= 15 is 0 Å². The van der Waals surface area contributed by atoms with Gasteiger partial charge in [0.1, 0.15) is 6.04 Å². The average Bonchev–Trinajstić information content (AvgIpc) is 2.47. The number of carbonyl (C=O) groups excluding carboxylic acids is 2. The quantitative estimate of drug-likeness (QED) is 0.781. The SMILES string of the molecule is COc1cc2c(cc1OC)C(C(=O)NC(C)(C)C)NCCC(=O)N2. The number of fused-ring (bicyclic) bond motifs is 1. The Kier molecular flexibility index (Phi) is 5.33. The van der Waals surface area contributed by atoms with Gasteiger partial charge in [-0.05, 0) is 26.8 Å². The van der Waals surface area contributed by atoms with Crippen molar-refractivity contribution in [2.24, 2.45) is 0 Å². The highest BCUT2D eigenvalue weighted by atomic mass is 16.5. The molecule has 0 radical (unpaired) electrons. The summed E-state index contributed by atoms with van der Waals surface area (Å²) in [6.45, 7) is 6.17. The van der Waals surface area contributed by atoms with Crippen molar-refractivity contribution in [3.8, 4) is 11.5 Å². The van der Waals surface area contributed by atoms with E-state index in [2.05, 4.69) is 16.0 Å². The van der Waals surface area contributed by atoms with Gasteiger partial charge in [0.2, 0.25) is 11.8 Å². The minimum Gasteiger partial charge on any atom is -0.493 e. The van der Waals surface area contributed by atoms with Gasteiger partial charge in [-0.15, -0.1) is 0 Å². The number of nitrogens with one attached hydrogen (secondary N) is 3. The molecule has 1 aromatic carbocycles. The van der Waals surface area contributed by atoms with Crippen LogP contribution in [0.1, 0.15) is 38.8 Å². The molecule has 1 aliphatic heterocycles. The summed E-state index contributed by atoms with van der Waals surface area (Å²) in [5.41, 5.74) is 0.822. The van der Waals surface area contributed by atoms with E-state index in [1.165, 1.54) is 14.2 Å². The zero-order chi connectivity index (χ0) is 17.9. The van der Waals surface area contributed by atoms with Crippen molar-refractivity contribution >= 4 is 17.5 Å². The number of rotatable bonds is 3. The standard InChI is InChI=1S/C17H25N3O4/c1-17(2,3)20-16(22)15-10-8-12(23-4)13(24-5)9-11(10)19-14(21)6-7-18-15/h8-9,15,18H,6-7H2,1-5H3,(H,19,21)(H,20,22). The molecule has 0 saturated carbocycles. The summed E-state index contributed by atoms with van der Waals surface area (Å²) in [4.78, 5) is 24.7. The van der Waals surface area contributed by atoms with Gasteiger partial charge in [0.05, 0.1) is 14.2 Å². The first-order chi connectivity index (χ1) is 11.2. The number of benzene rings is 1. The molecule has 0 fully saturated rings. The number of hydrogen-bond donors (Lipinski definition) is 3.